The first-order chi connectivity index (χ1) is 19.4. The number of methoxy groups -OCH3 is 1. The average molecular weight is 579 g/mol. The van der Waals surface area contributed by atoms with Crippen molar-refractivity contribution in [3.63, 3.8) is 0 Å². The first-order valence-electron chi connectivity index (χ1n) is 12.2. The molecule has 0 unspecified atom stereocenters. The fraction of sp³-hybridized carbons (Fsp3) is 0.345. The first kappa shape index (κ1) is 36.6. The van der Waals surface area contributed by atoms with E-state index in [0.717, 1.165) is 17.7 Å². The minimum atomic E-state index is -4.49. The summed E-state index contributed by atoms with van der Waals surface area (Å²) in [5.41, 5.74) is 2.34. The van der Waals surface area contributed by atoms with E-state index < -0.39 is 11.7 Å². The third-order valence-corrected chi connectivity index (χ3v) is 4.83. The number of pyridine rings is 1. The van der Waals surface area contributed by atoms with Crippen molar-refractivity contribution in [2.45, 2.75) is 33.5 Å². The molecule has 41 heavy (non-hydrogen) atoms. The molecule has 0 radical (unpaired) electrons. The first-order valence-corrected chi connectivity index (χ1v) is 12.2. The van der Waals surface area contributed by atoms with Gasteiger partial charge in [0.05, 0.1) is 36.4 Å². The summed E-state index contributed by atoms with van der Waals surface area (Å²) in [6, 6.07) is 1.89. The van der Waals surface area contributed by atoms with E-state index in [1.54, 1.807) is 45.8 Å². The van der Waals surface area contributed by atoms with E-state index in [2.05, 4.69) is 45.0 Å². The largest absolute Gasteiger partial charge is 0.494 e. The smallest absolute Gasteiger partial charge is 0.416 e. The van der Waals surface area contributed by atoms with Gasteiger partial charge in [-0.3, -0.25) is 14.4 Å². The highest BCUT2D eigenvalue weighted by Crippen LogP contribution is 2.26. The van der Waals surface area contributed by atoms with Crippen molar-refractivity contribution in [1.29, 1.82) is 0 Å². The molecule has 0 spiro atoms. The quantitative estimate of drug-likeness (QED) is 0.0647. The van der Waals surface area contributed by atoms with Crippen molar-refractivity contribution < 1.29 is 27.0 Å². The second-order valence-corrected chi connectivity index (χ2v) is 8.18. The molecule has 0 amide bonds. The van der Waals surface area contributed by atoms with Crippen molar-refractivity contribution in [1.82, 2.24) is 9.88 Å². The van der Waals surface area contributed by atoms with E-state index in [1.165, 1.54) is 20.1 Å². The van der Waals surface area contributed by atoms with Crippen LogP contribution in [-0.4, -0.2) is 75.7 Å². The molecule has 224 valence electrons. The van der Waals surface area contributed by atoms with Gasteiger partial charge in [0, 0.05) is 51.5 Å². The summed E-state index contributed by atoms with van der Waals surface area (Å²) >= 11 is 0. The summed E-state index contributed by atoms with van der Waals surface area (Å²) in [7, 11) is 4.89. The zero-order chi connectivity index (χ0) is 31.4. The lowest BCUT2D eigenvalue weighted by atomic mass is 10.1. The van der Waals surface area contributed by atoms with Gasteiger partial charge in [0.2, 0.25) is 5.90 Å². The maximum atomic E-state index is 12.9. The van der Waals surface area contributed by atoms with E-state index >= 15 is 0 Å². The predicted octanol–water partition coefficient (Wildman–Crippen LogP) is 6.76. The molecule has 0 saturated heterocycles. The van der Waals surface area contributed by atoms with Gasteiger partial charge in [-0.15, -0.1) is 5.10 Å². The Kier molecular flexibility index (Phi) is 17.6. The number of halogens is 4. The van der Waals surface area contributed by atoms with E-state index in [0.29, 0.717) is 29.0 Å². The summed E-state index contributed by atoms with van der Waals surface area (Å²) < 4.78 is 60.0. The molecule has 8 nitrogen and oxygen atoms in total. The number of aromatic nitrogens is 1. The molecule has 1 heterocycles. The minimum absolute atomic E-state index is 0.0618. The number of rotatable bonds is 13. The maximum Gasteiger partial charge on any atom is 0.416 e. The van der Waals surface area contributed by atoms with Gasteiger partial charge in [-0.2, -0.15) is 18.3 Å². The molecule has 0 aliphatic rings. The molecule has 1 aromatic rings. The molecule has 1 aromatic heterocycles. The summed E-state index contributed by atoms with van der Waals surface area (Å²) in [5.74, 6) is 0.517. The zero-order valence-electron chi connectivity index (χ0n) is 24.4. The molecule has 0 fully saturated rings. The van der Waals surface area contributed by atoms with Crippen molar-refractivity contribution in [3.8, 4) is 0 Å². The highest BCUT2D eigenvalue weighted by Gasteiger charge is 2.30. The van der Waals surface area contributed by atoms with Gasteiger partial charge < -0.3 is 14.4 Å². The maximum absolute atomic E-state index is 12.9. The predicted molar refractivity (Wildman–Crippen MR) is 160 cm³/mol. The molecule has 0 aromatic carbocycles. The lowest BCUT2D eigenvalue weighted by Crippen LogP contribution is -2.15. The number of nitrogens with zero attached hydrogens (tertiary/aromatic N) is 6. The zero-order valence-corrected chi connectivity index (χ0v) is 24.4. The van der Waals surface area contributed by atoms with E-state index in [9.17, 15) is 17.6 Å². The Bertz CT molecular complexity index is 1200. The number of hydrogen-bond acceptors (Lipinski definition) is 7. The fourth-order valence-electron chi connectivity index (χ4n) is 2.90. The molecule has 0 saturated carbocycles. The molecule has 0 aliphatic heterocycles. The SMILES string of the molecule is C=C/C(=C\C=C(/C)OC/C(C)=C(/C=NC)C(=NC(=C)c1cncc(CN(C)/C=N\N=C)c1)OC)C(F)(F)F.CCF. The minimum Gasteiger partial charge on any atom is -0.494 e. The molecular formula is C29H38F4N6O2. The van der Waals surface area contributed by atoms with Crippen LogP contribution in [0, 0.1) is 0 Å². The van der Waals surface area contributed by atoms with Crippen molar-refractivity contribution in [2.75, 3.05) is 34.5 Å². The number of ether oxygens (including phenoxy) is 2. The van der Waals surface area contributed by atoms with Crippen LogP contribution in [0.2, 0.25) is 0 Å². The summed E-state index contributed by atoms with van der Waals surface area (Å²) in [4.78, 5) is 14.7. The number of hydrogen-bond donors (Lipinski definition) is 0. The Labute approximate surface area is 239 Å². The van der Waals surface area contributed by atoms with Crippen LogP contribution >= 0.6 is 0 Å². The van der Waals surface area contributed by atoms with Crippen LogP contribution in [0.4, 0.5) is 17.6 Å². The summed E-state index contributed by atoms with van der Waals surface area (Å²) in [6.07, 6.45) is 4.85. The third kappa shape index (κ3) is 14.6. The van der Waals surface area contributed by atoms with E-state index in [4.69, 9.17) is 9.47 Å². The Hall–Kier alpha value is -4.35. The van der Waals surface area contributed by atoms with Crippen LogP contribution in [0.5, 0.6) is 0 Å². The highest BCUT2D eigenvalue weighted by atomic mass is 19.4. The molecular weight excluding hydrogens is 540 g/mol. The lowest BCUT2D eigenvalue weighted by molar-refractivity contribution is -0.0881. The van der Waals surface area contributed by atoms with Gasteiger partial charge in [0.1, 0.15) is 12.9 Å². The fourth-order valence-corrected chi connectivity index (χ4v) is 2.90. The second kappa shape index (κ2) is 19.7. The van der Waals surface area contributed by atoms with Crippen molar-refractivity contribution >= 4 is 30.9 Å². The van der Waals surface area contributed by atoms with Crippen LogP contribution in [-0.2, 0) is 16.0 Å². The third-order valence-electron chi connectivity index (χ3n) is 4.83. The molecule has 12 heteroatoms. The van der Waals surface area contributed by atoms with Gasteiger partial charge in [0.15, 0.2) is 0 Å². The van der Waals surface area contributed by atoms with Crippen LogP contribution in [0.25, 0.3) is 5.70 Å². The second-order valence-electron chi connectivity index (χ2n) is 8.18. The normalized spacial score (nSPS) is 13.4. The van der Waals surface area contributed by atoms with Gasteiger partial charge in [-0.1, -0.05) is 19.2 Å². The van der Waals surface area contributed by atoms with Crippen LogP contribution in [0.15, 0.2) is 92.5 Å². The highest BCUT2D eigenvalue weighted by molar-refractivity contribution is 6.14. The number of allylic oxidation sites excluding steroid dienone is 5. The van der Waals surface area contributed by atoms with E-state index in [-0.39, 0.29) is 24.9 Å². The van der Waals surface area contributed by atoms with Crippen LogP contribution < -0.4 is 0 Å². The standard InChI is InChI=1S/C27H33F3N6O2.C2H5F/c1-9-24(27(28,29)30)11-10-20(3)38-17-19(2)25(15-31-5)26(37-8)35-21(4)23-12-22(13-33-14-23)16-36(7)18-34-32-6;1-2-3/h9-15,18H,1,4,6,16-17H2,2-3,5,7-8H3;2H2,1H3/b20-10+,24-11+,25-19-,31-15?,34-18-,35-26?;. The lowest BCUT2D eigenvalue weighted by Gasteiger charge is -2.14. The topological polar surface area (TPSA) is 84.0 Å². The van der Waals surface area contributed by atoms with Gasteiger partial charge in [0.25, 0.3) is 0 Å². The molecule has 0 bridgehead atoms. The Balaban J connectivity index is 0.00000509. The summed E-state index contributed by atoms with van der Waals surface area (Å²) in [6.45, 7) is 15.7. The molecule has 0 atom stereocenters. The van der Waals surface area contributed by atoms with Crippen molar-refractivity contribution in [3.05, 3.63) is 83.5 Å². The Morgan fingerprint density at radius 2 is 1.85 bits per heavy atom. The van der Waals surface area contributed by atoms with Crippen LogP contribution in [0.1, 0.15) is 31.9 Å². The Morgan fingerprint density at radius 3 is 2.39 bits per heavy atom. The number of alkyl halides is 4. The van der Waals surface area contributed by atoms with Gasteiger partial charge in [-0.25, -0.2) is 4.99 Å². The summed E-state index contributed by atoms with van der Waals surface area (Å²) in [5, 5.41) is 7.19. The van der Waals surface area contributed by atoms with Crippen LogP contribution in [0.3, 0.4) is 0 Å². The average Bonchev–Trinajstić information content (AvgIpc) is 2.92. The van der Waals surface area contributed by atoms with Gasteiger partial charge in [-0.05, 0) is 50.1 Å². The molecule has 1 rings (SSSR count). The number of aliphatic imine (C=N–C) groups is 2. The monoisotopic (exact) mass is 578 g/mol. The molecule has 0 N–H and O–H groups in total. The Morgan fingerprint density at radius 1 is 1.20 bits per heavy atom. The molecule has 0 aliphatic carbocycles. The van der Waals surface area contributed by atoms with E-state index in [1.807, 2.05) is 18.0 Å². The van der Waals surface area contributed by atoms with Crippen molar-refractivity contribution in [2.24, 2.45) is 20.2 Å². The van der Waals surface area contributed by atoms with Gasteiger partial charge >= 0.3 is 6.18 Å².